The lowest BCUT2D eigenvalue weighted by atomic mass is 10.0. The van der Waals surface area contributed by atoms with Crippen molar-refractivity contribution in [2.75, 3.05) is 0 Å². The molecule has 0 spiro atoms. The smallest absolute Gasteiger partial charge is 0.272 e. The highest BCUT2D eigenvalue weighted by Crippen LogP contribution is 2.30. The Bertz CT molecular complexity index is 909. The summed E-state index contributed by atoms with van der Waals surface area (Å²) in [6.45, 7) is 0. The number of hydrogen-bond acceptors (Lipinski definition) is 4. The average molecular weight is 324 g/mol. The number of fused-ring (bicyclic) bond motifs is 2. The molecule has 4 rings (SSSR count). The number of carbonyl (C=O) groups excluding carboxylic acids is 2. The molecule has 3 aromatic rings. The minimum Gasteiger partial charge on any atom is -0.472 e. The highest BCUT2D eigenvalue weighted by Gasteiger charge is 2.17. The molecule has 0 saturated carbocycles. The first-order chi connectivity index (χ1) is 11.7. The molecular formula is C18H16N2O4. The number of benzene rings is 1. The largest absolute Gasteiger partial charge is 0.472 e. The van der Waals surface area contributed by atoms with Crippen LogP contribution in [0.1, 0.15) is 33.5 Å². The highest BCUT2D eigenvalue weighted by molar-refractivity contribution is 5.95. The van der Waals surface area contributed by atoms with Gasteiger partial charge in [0.2, 0.25) is 5.91 Å². The van der Waals surface area contributed by atoms with Gasteiger partial charge in [-0.15, -0.1) is 0 Å². The van der Waals surface area contributed by atoms with Gasteiger partial charge in [-0.2, -0.15) is 0 Å². The van der Waals surface area contributed by atoms with Gasteiger partial charge in [0.25, 0.3) is 5.91 Å². The molecule has 24 heavy (non-hydrogen) atoms. The number of hydrogen-bond donors (Lipinski definition) is 2. The SMILES string of the molecule is O=C(Cc1coc2cc3c(cc12)CCC3)NNC(=O)c1ccoc1. The summed E-state index contributed by atoms with van der Waals surface area (Å²) in [5.74, 6) is -0.734. The molecule has 2 aromatic heterocycles. The van der Waals surface area contributed by atoms with Crippen molar-refractivity contribution in [1.29, 1.82) is 0 Å². The third-order valence-electron chi connectivity index (χ3n) is 4.32. The van der Waals surface area contributed by atoms with Crippen molar-refractivity contribution < 1.29 is 18.4 Å². The lowest BCUT2D eigenvalue weighted by Gasteiger charge is -2.05. The second-order valence-electron chi connectivity index (χ2n) is 5.92. The standard InChI is InChI=1S/C18H16N2O4/c21-17(19-20-18(22)13-4-5-23-9-13)8-14-10-24-16-7-12-3-1-2-11(12)6-15(14)16/h4-7,9-10H,1-3,8H2,(H,19,21)(H,20,22). The van der Waals surface area contributed by atoms with Gasteiger partial charge in [-0.1, -0.05) is 0 Å². The molecule has 0 atom stereocenters. The predicted molar refractivity (Wildman–Crippen MR) is 86.3 cm³/mol. The van der Waals surface area contributed by atoms with E-state index in [1.165, 1.54) is 29.7 Å². The van der Waals surface area contributed by atoms with Crippen LogP contribution in [0.15, 0.2) is 45.8 Å². The molecule has 122 valence electrons. The summed E-state index contributed by atoms with van der Waals surface area (Å²) >= 11 is 0. The molecule has 0 radical (unpaired) electrons. The van der Waals surface area contributed by atoms with Gasteiger partial charge in [0, 0.05) is 10.9 Å². The van der Waals surface area contributed by atoms with Crippen LogP contribution in [0.25, 0.3) is 11.0 Å². The van der Waals surface area contributed by atoms with E-state index in [1.807, 2.05) is 0 Å². The van der Waals surface area contributed by atoms with Crippen molar-refractivity contribution in [2.45, 2.75) is 25.7 Å². The molecule has 6 heteroatoms. The van der Waals surface area contributed by atoms with E-state index in [4.69, 9.17) is 8.83 Å². The number of nitrogens with one attached hydrogen (secondary N) is 2. The molecule has 0 bridgehead atoms. The lowest BCUT2D eigenvalue weighted by molar-refractivity contribution is -0.121. The monoisotopic (exact) mass is 324 g/mol. The highest BCUT2D eigenvalue weighted by atomic mass is 16.3. The predicted octanol–water partition coefficient (Wildman–Crippen LogP) is 2.52. The number of furan rings is 2. The molecule has 1 aliphatic carbocycles. The van der Waals surface area contributed by atoms with E-state index in [0.717, 1.165) is 35.8 Å². The van der Waals surface area contributed by atoms with E-state index in [1.54, 1.807) is 6.26 Å². The van der Waals surface area contributed by atoms with Gasteiger partial charge >= 0.3 is 0 Å². The van der Waals surface area contributed by atoms with Gasteiger partial charge < -0.3 is 8.83 Å². The van der Waals surface area contributed by atoms with E-state index in [-0.39, 0.29) is 12.3 Å². The van der Waals surface area contributed by atoms with Gasteiger partial charge in [-0.25, -0.2) is 0 Å². The van der Waals surface area contributed by atoms with Gasteiger partial charge in [0.05, 0.1) is 24.5 Å². The van der Waals surface area contributed by atoms with Crippen molar-refractivity contribution in [3.63, 3.8) is 0 Å². The number of hydrazine groups is 1. The first-order valence-corrected chi connectivity index (χ1v) is 7.84. The van der Waals surface area contributed by atoms with Gasteiger partial charge in [0.15, 0.2) is 0 Å². The van der Waals surface area contributed by atoms with Crippen LogP contribution in [0.5, 0.6) is 0 Å². The second kappa shape index (κ2) is 5.88. The van der Waals surface area contributed by atoms with Crippen LogP contribution in [0, 0.1) is 0 Å². The zero-order valence-corrected chi connectivity index (χ0v) is 12.9. The molecule has 2 heterocycles. The van der Waals surface area contributed by atoms with E-state index >= 15 is 0 Å². The van der Waals surface area contributed by atoms with Crippen molar-refractivity contribution in [1.82, 2.24) is 10.9 Å². The summed E-state index contributed by atoms with van der Waals surface area (Å²) in [7, 11) is 0. The molecular weight excluding hydrogens is 308 g/mol. The second-order valence-corrected chi connectivity index (χ2v) is 5.92. The topological polar surface area (TPSA) is 84.5 Å². The Kier molecular flexibility index (Phi) is 3.57. The quantitative estimate of drug-likeness (QED) is 0.725. The van der Waals surface area contributed by atoms with Crippen LogP contribution >= 0.6 is 0 Å². The van der Waals surface area contributed by atoms with Gasteiger partial charge in [-0.3, -0.25) is 20.4 Å². The maximum Gasteiger partial charge on any atom is 0.272 e. The Morgan fingerprint density at radius 1 is 1.08 bits per heavy atom. The summed E-state index contributed by atoms with van der Waals surface area (Å²) in [4.78, 5) is 23.8. The fraction of sp³-hybridized carbons (Fsp3) is 0.222. The molecule has 0 fully saturated rings. The normalized spacial score (nSPS) is 13.0. The van der Waals surface area contributed by atoms with Crippen molar-refractivity contribution in [2.24, 2.45) is 0 Å². The minimum atomic E-state index is -0.424. The molecule has 2 amide bonds. The molecule has 0 unspecified atom stereocenters. The maximum atomic E-state index is 12.1. The molecule has 1 aromatic carbocycles. The molecule has 6 nitrogen and oxygen atoms in total. The lowest BCUT2D eigenvalue weighted by Crippen LogP contribution is -2.42. The number of rotatable bonds is 3. The average Bonchev–Trinajstić information content (AvgIpc) is 3.31. The Balaban J connectivity index is 1.44. The Morgan fingerprint density at radius 3 is 2.71 bits per heavy atom. The molecule has 2 N–H and O–H groups in total. The molecule has 1 aliphatic rings. The Hall–Kier alpha value is -3.02. The summed E-state index contributed by atoms with van der Waals surface area (Å²) in [5.41, 5.74) is 9.40. The number of carbonyl (C=O) groups is 2. The van der Waals surface area contributed by atoms with E-state index in [9.17, 15) is 9.59 Å². The Morgan fingerprint density at radius 2 is 1.92 bits per heavy atom. The van der Waals surface area contributed by atoms with Gasteiger partial charge in [0.1, 0.15) is 11.8 Å². The van der Waals surface area contributed by atoms with Crippen LogP contribution in [0.2, 0.25) is 0 Å². The first kappa shape index (κ1) is 14.6. The fourth-order valence-electron chi connectivity index (χ4n) is 3.09. The van der Waals surface area contributed by atoms with Crippen LogP contribution in [0.3, 0.4) is 0 Å². The fourth-order valence-corrected chi connectivity index (χ4v) is 3.09. The number of amides is 2. The third kappa shape index (κ3) is 2.67. The summed E-state index contributed by atoms with van der Waals surface area (Å²) in [5, 5.41) is 0.965. The van der Waals surface area contributed by atoms with E-state index < -0.39 is 5.91 Å². The summed E-state index contributed by atoms with van der Waals surface area (Å²) in [6.07, 6.45) is 7.77. The van der Waals surface area contributed by atoms with Crippen molar-refractivity contribution in [3.05, 3.63) is 59.2 Å². The summed E-state index contributed by atoms with van der Waals surface area (Å²) < 4.78 is 10.4. The van der Waals surface area contributed by atoms with Crippen LogP contribution in [0.4, 0.5) is 0 Å². The van der Waals surface area contributed by atoms with Crippen LogP contribution < -0.4 is 10.9 Å². The van der Waals surface area contributed by atoms with Crippen LogP contribution in [-0.2, 0) is 24.1 Å². The Labute approximate surface area is 137 Å². The maximum absolute atomic E-state index is 12.1. The van der Waals surface area contributed by atoms with Crippen LogP contribution in [-0.4, -0.2) is 11.8 Å². The minimum absolute atomic E-state index is 0.136. The van der Waals surface area contributed by atoms with Crippen molar-refractivity contribution >= 4 is 22.8 Å². The van der Waals surface area contributed by atoms with E-state index in [2.05, 4.69) is 23.0 Å². The zero-order chi connectivity index (χ0) is 16.5. The molecule has 0 aliphatic heterocycles. The van der Waals surface area contributed by atoms with Crippen molar-refractivity contribution in [3.8, 4) is 0 Å². The van der Waals surface area contributed by atoms with Gasteiger partial charge in [-0.05, 0) is 48.6 Å². The molecule has 0 saturated heterocycles. The number of aryl methyl sites for hydroxylation is 2. The first-order valence-electron chi connectivity index (χ1n) is 7.84. The van der Waals surface area contributed by atoms with E-state index in [0.29, 0.717) is 5.56 Å². The summed E-state index contributed by atoms with van der Waals surface area (Å²) in [6, 6.07) is 5.71. The third-order valence-corrected chi connectivity index (χ3v) is 4.32. The zero-order valence-electron chi connectivity index (χ0n) is 12.9.